The molecule has 0 spiro atoms. The third-order valence-electron chi connectivity index (χ3n) is 3.40. The summed E-state index contributed by atoms with van der Waals surface area (Å²) in [5.74, 6) is -0.132. The molecule has 0 bridgehead atoms. The van der Waals surface area contributed by atoms with Crippen LogP contribution in [0, 0.1) is 0 Å². The van der Waals surface area contributed by atoms with Crippen molar-refractivity contribution in [2.24, 2.45) is 0 Å². The molecular weight excluding hydrogens is 269 g/mol. The summed E-state index contributed by atoms with van der Waals surface area (Å²) in [6, 6.07) is 5.01. The fourth-order valence-corrected chi connectivity index (χ4v) is 2.32. The van der Waals surface area contributed by atoms with E-state index in [2.05, 4.69) is 10.6 Å². The van der Waals surface area contributed by atoms with E-state index in [0.29, 0.717) is 13.0 Å². The van der Waals surface area contributed by atoms with Crippen LogP contribution in [0.3, 0.4) is 0 Å². The van der Waals surface area contributed by atoms with Crippen molar-refractivity contribution in [3.63, 3.8) is 0 Å². The van der Waals surface area contributed by atoms with Crippen LogP contribution < -0.4 is 10.6 Å². The van der Waals surface area contributed by atoms with E-state index in [1.54, 1.807) is 6.07 Å². The lowest BCUT2D eigenvalue weighted by Gasteiger charge is -2.17. The number of benzene rings is 1. The van der Waals surface area contributed by atoms with Gasteiger partial charge < -0.3 is 10.6 Å². The molecule has 1 aliphatic heterocycles. The molecule has 0 saturated carbocycles. The zero-order valence-corrected chi connectivity index (χ0v) is 11.0. The summed E-state index contributed by atoms with van der Waals surface area (Å²) < 4.78 is 38.5. The maximum Gasteiger partial charge on any atom is 0.416 e. The summed E-state index contributed by atoms with van der Waals surface area (Å²) in [5, 5.41) is 5.68. The Kier molecular flexibility index (Phi) is 4.65. The number of hydrogen-bond donors (Lipinski definition) is 2. The average Bonchev–Trinajstić information content (AvgIpc) is 2.60. The molecule has 1 aromatic rings. The van der Waals surface area contributed by atoms with Crippen LogP contribution in [0.1, 0.15) is 30.4 Å². The fourth-order valence-electron chi connectivity index (χ4n) is 2.32. The van der Waals surface area contributed by atoms with Gasteiger partial charge in [0.15, 0.2) is 0 Å². The van der Waals surface area contributed by atoms with Gasteiger partial charge >= 0.3 is 6.18 Å². The Balaban J connectivity index is 2.05. The van der Waals surface area contributed by atoms with Crippen molar-refractivity contribution in [2.45, 2.75) is 38.0 Å². The van der Waals surface area contributed by atoms with Crippen LogP contribution in [-0.4, -0.2) is 18.5 Å². The summed E-state index contributed by atoms with van der Waals surface area (Å²) in [4.78, 5) is 11.7. The molecule has 2 rings (SSSR count). The molecule has 110 valence electrons. The van der Waals surface area contributed by atoms with E-state index < -0.39 is 17.8 Å². The first-order chi connectivity index (χ1) is 9.48. The molecule has 1 amide bonds. The summed E-state index contributed by atoms with van der Waals surface area (Å²) in [6.45, 7) is 0.671. The van der Waals surface area contributed by atoms with Crippen molar-refractivity contribution in [1.82, 2.24) is 10.6 Å². The Morgan fingerprint density at radius 1 is 1.25 bits per heavy atom. The van der Waals surface area contributed by atoms with Gasteiger partial charge in [-0.15, -0.1) is 0 Å². The molecule has 1 aromatic carbocycles. The first-order valence-corrected chi connectivity index (χ1v) is 6.64. The number of nitrogens with one attached hydrogen (secondary N) is 2. The maximum atomic E-state index is 12.8. The van der Waals surface area contributed by atoms with Gasteiger partial charge in [-0.1, -0.05) is 18.2 Å². The lowest BCUT2D eigenvalue weighted by molar-refractivity contribution is -0.138. The quantitative estimate of drug-likeness (QED) is 0.896. The SMILES string of the molecule is O=C1NCCCC[C@@H]1NCc1ccccc1C(F)(F)F. The second kappa shape index (κ2) is 6.26. The second-order valence-electron chi connectivity index (χ2n) is 4.88. The van der Waals surface area contributed by atoms with Crippen LogP contribution in [0.25, 0.3) is 0 Å². The maximum absolute atomic E-state index is 12.8. The summed E-state index contributed by atoms with van der Waals surface area (Å²) >= 11 is 0. The Bertz CT molecular complexity index is 474. The zero-order valence-electron chi connectivity index (χ0n) is 11.0. The number of halogens is 3. The molecule has 20 heavy (non-hydrogen) atoms. The van der Waals surface area contributed by atoms with Crippen molar-refractivity contribution in [3.05, 3.63) is 35.4 Å². The van der Waals surface area contributed by atoms with E-state index >= 15 is 0 Å². The Morgan fingerprint density at radius 3 is 2.75 bits per heavy atom. The standard InChI is InChI=1S/C14H17F3N2O/c15-14(16,17)11-6-2-1-5-10(11)9-19-12-7-3-4-8-18-13(12)20/h1-2,5-6,12,19H,3-4,7-9H2,(H,18,20)/t12-/m0/s1. The topological polar surface area (TPSA) is 41.1 Å². The molecule has 2 N–H and O–H groups in total. The largest absolute Gasteiger partial charge is 0.416 e. The van der Waals surface area contributed by atoms with Gasteiger partial charge in [0.05, 0.1) is 11.6 Å². The van der Waals surface area contributed by atoms with Gasteiger partial charge in [-0.05, 0) is 30.9 Å². The number of amides is 1. The van der Waals surface area contributed by atoms with Gasteiger partial charge in [-0.3, -0.25) is 4.79 Å². The first-order valence-electron chi connectivity index (χ1n) is 6.64. The Labute approximate surface area is 115 Å². The van der Waals surface area contributed by atoms with E-state index in [9.17, 15) is 18.0 Å². The molecule has 0 aliphatic carbocycles. The van der Waals surface area contributed by atoms with Gasteiger partial charge in [-0.2, -0.15) is 13.2 Å². The first kappa shape index (κ1) is 14.8. The molecule has 0 aromatic heterocycles. The molecule has 0 unspecified atom stereocenters. The van der Waals surface area contributed by atoms with Gasteiger partial charge in [0.2, 0.25) is 5.91 Å². The summed E-state index contributed by atoms with van der Waals surface area (Å²) in [7, 11) is 0. The minimum absolute atomic E-state index is 0.0355. The predicted molar refractivity (Wildman–Crippen MR) is 68.9 cm³/mol. The number of carbonyl (C=O) groups is 1. The van der Waals surface area contributed by atoms with Crippen molar-refractivity contribution >= 4 is 5.91 Å². The van der Waals surface area contributed by atoms with Crippen LogP contribution in [0.5, 0.6) is 0 Å². The number of hydrogen-bond acceptors (Lipinski definition) is 2. The smallest absolute Gasteiger partial charge is 0.355 e. The van der Waals surface area contributed by atoms with Crippen molar-refractivity contribution in [2.75, 3.05) is 6.54 Å². The van der Waals surface area contributed by atoms with Crippen LogP contribution in [0.4, 0.5) is 13.2 Å². The Morgan fingerprint density at radius 2 is 2.00 bits per heavy atom. The minimum atomic E-state index is -4.37. The molecule has 1 fully saturated rings. The normalized spacial score (nSPS) is 20.4. The highest BCUT2D eigenvalue weighted by Gasteiger charge is 2.33. The third kappa shape index (κ3) is 3.72. The predicted octanol–water partition coefficient (Wildman–Crippen LogP) is 2.46. The number of alkyl halides is 3. The van der Waals surface area contributed by atoms with E-state index in [1.807, 2.05) is 0 Å². The molecule has 1 atom stereocenters. The zero-order chi connectivity index (χ0) is 14.6. The monoisotopic (exact) mass is 286 g/mol. The van der Waals surface area contributed by atoms with Gasteiger partial charge in [0, 0.05) is 13.1 Å². The third-order valence-corrected chi connectivity index (χ3v) is 3.40. The molecule has 6 heteroatoms. The van der Waals surface area contributed by atoms with E-state index in [1.165, 1.54) is 12.1 Å². The molecule has 1 heterocycles. The van der Waals surface area contributed by atoms with Crippen molar-refractivity contribution in [1.29, 1.82) is 0 Å². The molecular formula is C14H17F3N2O. The highest BCUT2D eigenvalue weighted by atomic mass is 19.4. The number of carbonyl (C=O) groups excluding carboxylic acids is 1. The summed E-state index contributed by atoms with van der Waals surface area (Å²) in [6.07, 6.45) is -1.93. The van der Waals surface area contributed by atoms with Crippen LogP contribution in [-0.2, 0) is 17.5 Å². The van der Waals surface area contributed by atoms with Crippen molar-refractivity contribution < 1.29 is 18.0 Å². The molecule has 1 aliphatic rings. The van der Waals surface area contributed by atoms with Gasteiger partial charge in [0.1, 0.15) is 0 Å². The lowest BCUT2D eigenvalue weighted by atomic mass is 10.1. The lowest BCUT2D eigenvalue weighted by Crippen LogP contribution is -2.42. The van der Waals surface area contributed by atoms with E-state index in [-0.39, 0.29) is 18.0 Å². The van der Waals surface area contributed by atoms with Gasteiger partial charge in [0.25, 0.3) is 0 Å². The average molecular weight is 286 g/mol. The van der Waals surface area contributed by atoms with Crippen molar-refractivity contribution in [3.8, 4) is 0 Å². The molecule has 1 saturated heterocycles. The second-order valence-corrected chi connectivity index (χ2v) is 4.88. The number of rotatable bonds is 3. The highest BCUT2D eigenvalue weighted by Crippen LogP contribution is 2.31. The van der Waals surface area contributed by atoms with Crippen LogP contribution in [0.15, 0.2) is 24.3 Å². The van der Waals surface area contributed by atoms with Crippen LogP contribution in [0.2, 0.25) is 0 Å². The minimum Gasteiger partial charge on any atom is -0.355 e. The van der Waals surface area contributed by atoms with E-state index in [4.69, 9.17) is 0 Å². The molecule has 0 radical (unpaired) electrons. The highest BCUT2D eigenvalue weighted by molar-refractivity contribution is 5.81. The van der Waals surface area contributed by atoms with Gasteiger partial charge in [-0.25, -0.2) is 0 Å². The van der Waals surface area contributed by atoms with Crippen LogP contribution >= 0.6 is 0 Å². The molecule has 3 nitrogen and oxygen atoms in total. The Hall–Kier alpha value is -1.56. The van der Waals surface area contributed by atoms with E-state index in [0.717, 1.165) is 18.9 Å². The summed E-state index contributed by atoms with van der Waals surface area (Å²) in [5.41, 5.74) is -0.487. The fraction of sp³-hybridized carbons (Fsp3) is 0.500.